The van der Waals surface area contributed by atoms with Crippen molar-refractivity contribution in [1.29, 1.82) is 0 Å². The monoisotopic (exact) mass is 183 g/mol. The zero-order valence-electron chi connectivity index (χ0n) is 7.93. The zero-order valence-corrected chi connectivity index (χ0v) is 7.93. The lowest BCUT2D eigenvalue weighted by molar-refractivity contribution is -0.142. The van der Waals surface area contributed by atoms with Gasteiger partial charge in [0.2, 0.25) is 0 Å². The summed E-state index contributed by atoms with van der Waals surface area (Å²) in [5, 5.41) is 8.92. The van der Waals surface area contributed by atoms with Gasteiger partial charge < -0.3 is 9.67 Å². The molecule has 1 unspecified atom stereocenters. The number of aryl methyl sites for hydroxylation is 1. The summed E-state index contributed by atoms with van der Waals surface area (Å²) in [5.74, 6) is -0.885. The van der Waals surface area contributed by atoms with Gasteiger partial charge in [-0.1, -0.05) is 0 Å². The van der Waals surface area contributed by atoms with Crippen LogP contribution in [0.25, 0.3) is 0 Å². The Bertz CT molecular complexity index is 306. The average molecular weight is 183 g/mol. The summed E-state index contributed by atoms with van der Waals surface area (Å²) < 4.78 is 1.73. The first-order chi connectivity index (χ1) is 6.02. The fraction of sp³-hybridized carbons (Fsp3) is 0.500. The predicted molar refractivity (Wildman–Crippen MR) is 47.3 cm³/mol. The van der Waals surface area contributed by atoms with Crippen molar-refractivity contribution >= 4 is 5.97 Å². The molecule has 0 aliphatic heterocycles. The number of imidazole rings is 1. The van der Waals surface area contributed by atoms with Crippen LogP contribution in [0.1, 0.15) is 11.7 Å². The molecule has 1 N–H and O–H groups in total. The van der Waals surface area contributed by atoms with Gasteiger partial charge in [-0.15, -0.1) is 0 Å². The number of likely N-dealkylation sites (N-methyl/N-ethyl adjacent to an activating group) is 1. The molecule has 1 aromatic rings. The van der Waals surface area contributed by atoms with Gasteiger partial charge in [0.1, 0.15) is 0 Å². The maximum atomic E-state index is 10.9. The van der Waals surface area contributed by atoms with Gasteiger partial charge in [0.15, 0.2) is 6.04 Å². The summed E-state index contributed by atoms with van der Waals surface area (Å²) >= 11 is 0. The summed E-state index contributed by atoms with van der Waals surface area (Å²) in [4.78, 5) is 16.5. The lowest BCUT2D eigenvalue weighted by Gasteiger charge is -2.17. The van der Waals surface area contributed by atoms with E-state index in [0.29, 0.717) is 5.69 Å². The van der Waals surface area contributed by atoms with E-state index < -0.39 is 12.0 Å². The van der Waals surface area contributed by atoms with Crippen molar-refractivity contribution in [3.05, 3.63) is 18.2 Å². The summed E-state index contributed by atoms with van der Waals surface area (Å²) in [5.41, 5.74) is 0.556. The predicted octanol–water partition coefficient (Wildman–Crippen LogP) is 0.107. The van der Waals surface area contributed by atoms with E-state index in [4.69, 9.17) is 5.11 Å². The van der Waals surface area contributed by atoms with E-state index >= 15 is 0 Å². The molecule has 0 aliphatic rings. The first-order valence-corrected chi connectivity index (χ1v) is 3.89. The molecule has 0 bridgehead atoms. The van der Waals surface area contributed by atoms with Crippen molar-refractivity contribution in [3.63, 3.8) is 0 Å². The molecule has 5 nitrogen and oxygen atoms in total. The van der Waals surface area contributed by atoms with E-state index in [2.05, 4.69) is 4.98 Å². The minimum Gasteiger partial charge on any atom is -0.480 e. The second-order valence-corrected chi connectivity index (χ2v) is 3.17. The third-order valence-corrected chi connectivity index (χ3v) is 1.76. The maximum Gasteiger partial charge on any atom is 0.327 e. The van der Waals surface area contributed by atoms with Crippen molar-refractivity contribution in [2.75, 3.05) is 14.1 Å². The number of nitrogens with zero attached hydrogens (tertiary/aromatic N) is 3. The Labute approximate surface area is 76.6 Å². The number of hydrogen-bond acceptors (Lipinski definition) is 3. The standard InChI is InChI=1S/C8H13N3O2/c1-10(2)7(8(12)13)6-4-11(3)5-9-6/h4-5,7H,1-3H3,(H,12,13). The smallest absolute Gasteiger partial charge is 0.327 e. The number of aromatic nitrogens is 2. The van der Waals surface area contributed by atoms with Crippen LogP contribution in [-0.4, -0.2) is 39.6 Å². The Hall–Kier alpha value is -1.36. The van der Waals surface area contributed by atoms with Crippen LogP contribution in [0.15, 0.2) is 12.5 Å². The third kappa shape index (κ3) is 2.06. The average Bonchev–Trinajstić information content (AvgIpc) is 2.34. The lowest BCUT2D eigenvalue weighted by atomic mass is 10.2. The van der Waals surface area contributed by atoms with Crippen LogP contribution < -0.4 is 0 Å². The first-order valence-electron chi connectivity index (χ1n) is 3.89. The van der Waals surface area contributed by atoms with Gasteiger partial charge in [0, 0.05) is 13.2 Å². The molecule has 1 rings (SSSR count). The topological polar surface area (TPSA) is 58.4 Å². The molecule has 1 aromatic heterocycles. The van der Waals surface area contributed by atoms with Crippen LogP contribution in [0.4, 0.5) is 0 Å². The van der Waals surface area contributed by atoms with Gasteiger partial charge in [-0.3, -0.25) is 9.69 Å². The number of carboxylic acid groups (broad SMARTS) is 1. The first kappa shape index (κ1) is 9.73. The molecule has 0 spiro atoms. The van der Waals surface area contributed by atoms with Crippen LogP contribution in [-0.2, 0) is 11.8 Å². The van der Waals surface area contributed by atoms with Crippen molar-refractivity contribution in [2.24, 2.45) is 7.05 Å². The second-order valence-electron chi connectivity index (χ2n) is 3.17. The maximum absolute atomic E-state index is 10.9. The number of carboxylic acids is 1. The number of aliphatic carboxylic acids is 1. The highest BCUT2D eigenvalue weighted by Gasteiger charge is 2.23. The Morgan fingerprint density at radius 2 is 2.31 bits per heavy atom. The van der Waals surface area contributed by atoms with Gasteiger partial charge in [0.25, 0.3) is 0 Å². The normalized spacial score (nSPS) is 13.2. The molecule has 1 heterocycles. The van der Waals surface area contributed by atoms with Crippen molar-refractivity contribution in [1.82, 2.24) is 14.5 Å². The number of carbonyl (C=O) groups is 1. The molecular weight excluding hydrogens is 170 g/mol. The highest BCUT2D eigenvalue weighted by molar-refractivity contribution is 5.74. The Kier molecular flexibility index (Phi) is 2.67. The lowest BCUT2D eigenvalue weighted by Crippen LogP contribution is -2.27. The molecule has 1 atom stereocenters. The van der Waals surface area contributed by atoms with Gasteiger partial charge >= 0.3 is 5.97 Å². The van der Waals surface area contributed by atoms with Crippen LogP contribution in [0.2, 0.25) is 0 Å². The third-order valence-electron chi connectivity index (χ3n) is 1.76. The van der Waals surface area contributed by atoms with Gasteiger partial charge in [-0.25, -0.2) is 4.98 Å². The summed E-state index contributed by atoms with van der Waals surface area (Å²) in [7, 11) is 5.24. The van der Waals surface area contributed by atoms with E-state index in [1.165, 1.54) is 0 Å². The molecule has 0 saturated heterocycles. The minimum atomic E-state index is -0.885. The molecule has 0 amide bonds. The van der Waals surface area contributed by atoms with Crippen LogP contribution >= 0.6 is 0 Å². The fourth-order valence-corrected chi connectivity index (χ4v) is 1.19. The highest BCUT2D eigenvalue weighted by Crippen LogP contribution is 2.15. The Morgan fingerprint density at radius 3 is 2.62 bits per heavy atom. The van der Waals surface area contributed by atoms with E-state index in [0.717, 1.165) is 0 Å². The van der Waals surface area contributed by atoms with Gasteiger partial charge in [0.05, 0.1) is 12.0 Å². The zero-order chi connectivity index (χ0) is 10.0. The van der Waals surface area contributed by atoms with E-state index in [9.17, 15) is 4.79 Å². The molecule has 13 heavy (non-hydrogen) atoms. The van der Waals surface area contributed by atoms with E-state index in [-0.39, 0.29) is 0 Å². The fourth-order valence-electron chi connectivity index (χ4n) is 1.19. The quantitative estimate of drug-likeness (QED) is 0.722. The highest BCUT2D eigenvalue weighted by atomic mass is 16.4. The molecular formula is C8H13N3O2. The second kappa shape index (κ2) is 3.57. The van der Waals surface area contributed by atoms with Gasteiger partial charge in [-0.05, 0) is 14.1 Å². The summed E-state index contributed by atoms with van der Waals surface area (Å²) in [6.45, 7) is 0. The van der Waals surface area contributed by atoms with Crippen LogP contribution in [0, 0.1) is 0 Å². The van der Waals surface area contributed by atoms with Crippen molar-refractivity contribution in [3.8, 4) is 0 Å². The van der Waals surface area contributed by atoms with Crippen molar-refractivity contribution in [2.45, 2.75) is 6.04 Å². The Morgan fingerprint density at radius 1 is 1.69 bits per heavy atom. The molecule has 0 fully saturated rings. The van der Waals surface area contributed by atoms with Crippen LogP contribution in [0.3, 0.4) is 0 Å². The summed E-state index contributed by atoms with van der Waals surface area (Å²) in [6.07, 6.45) is 3.30. The van der Waals surface area contributed by atoms with E-state index in [1.807, 2.05) is 7.05 Å². The molecule has 5 heteroatoms. The van der Waals surface area contributed by atoms with Gasteiger partial charge in [-0.2, -0.15) is 0 Å². The largest absolute Gasteiger partial charge is 0.480 e. The molecule has 0 saturated carbocycles. The minimum absolute atomic E-state index is 0.556. The van der Waals surface area contributed by atoms with Crippen molar-refractivity contribution < 1.29 is 9.90 Å². The molecule has 0 aromatic carbocycles. The molecule has 0 radical (unpaired) electrons. The number of rotatable bonds is 3. The Balaban J connectivity index is 2.95. The SMILES string of the molecule is CN(C)C(C(=O)O)c1cn(C)cn1. The molecule has 72 valence electrons. The molecule has 0 aliphatic carbocycles. The number of hydrogen-bond donors (Lipinski definition) is 1. The van der Waals surface area contributed by atoms with Crippen LogP contribution in [0.5, 0.6) is 0 Å². The summed E-state index contributed by atoms with van der Waals surface area (Å²) in [6, 6.07) is -0.666. The van der Waals surface area contributed by atoms with E-state index in [1.54, 1.807) is 36.1 Å².